The van der Waals surface area contributed by atoms with Crippen LogP contribution in [-0.4, -0.2) is 28.6 Å². The highest BCUT2D eigenvalue weighted by molar-refractivity contribution is 5.30. The van der Waals surface area contributed by atoms with Gasteiger partial charge in [0.05, 0.1) is 12.8 Å². The van der Waals surface area contributed by atoms with E-state index in [1.807, 2.05) is 14.0 Å². The van der Waals surface area contributed by atoms with Crippen LogP contribution in [0.15, 0.2) is 0 Å². The van der Waals surface area contributed by atoms with Gasteiger partial charge >= 0.3 is 0 Å². The summed E-state index contributed by atoms with van der Waals surface area (Å²) in [4.78, 5) is 0. The minimum atomic E-state index is 0.128. The summed E-state index contributed by atoms with van der Waals surface area (Å²) in [6.07, 6.45) is 0.600. The number of aliphatic hydroxyl groups excluding tert-OH is 1. The summed E-state index contributed by atoms with van der Waals surface area (Å²) in [5.74, 6) is 0.738. The molecule has 1 aromatic heterocycles. The van der Waals surface area contributed by atoms with E-state index in [9.17, 15) is 0 Å². The Kier molecular flexibility index (Phi) is 2.70. The first-order chi connectivity index (χ1) is 5.70. The van der Waals surface area contributed by atoms with Crippen molar-refractivity contribution in [2.75, 3.05) is 13.7 Å². The van der Waals surface area contributed by atoms with E-state index in [2.05, 4.69) is 5.10 Å². The number of hydrogen-bond acceptors (Lipinski definition) is 3. The highest BCUT2D eigenvalue weighted by Crippen LogP contribution is 2.20. The standard InChI is InChI=1S/C8H14N2O2/c1-6-7(4-5-11)8(12-3)10(2)9-6/h11H,4-5H2,1-3H3. The molecule has 0 saturated carbocycles. The van der Waals surface area contributed by atoms with E-state index in [-0.39, 0.29) is 6.61 Å². The Morgan fingerprint density at radius 3 is 2.75 bits per heavy atom. The van der Waals surface area contributed by atoms with E-state index in [1.54, 1.807) is 11.8 Å². The van der Waals surface area contributed by atoms with Crippen molar-refractivity contribution in [1.82, 2.24) is 9.78 Å². The molecule has 1 rings (SSSR count). The molecule has 68 valence electrons. The van der Waals surface area contributed by atoms with Crippen molar-refractivity contribution in [3.05, 3.63) is 11.3 Å². The Morgan fingerprint density at radius 2 is 2.25 bits per heavy atom. The molecule has 0 saturated heterocycles. The van der Waals surface area contributed by atoms with E-state index in [0.717, 1.165) is 17.1 Å². The third-order valence-corrected chi connectivity index (χ3v) is 1.84. The lowest BCUT2D eigenvalue weighted by Crippen LogP contribution is -1.98. The molecule has 0 unspecified atom stereocenters. The molecule has 0 radical (unpaired) electrons. The number of nitrogens with zero attached hydrogens (tertiary/aromatic N) is 2. The van der Waals surface area contributed by atoms with Crippen molar-refractivity contribution >= 4 is 0 Å². The van der Waals surface area contributed by atoms with Gasteiger partial charge in [-0.1, -0.05) is 0 Å². The maximum absolute atomic E-state index is 8.78. The highest BCUT2D eigenvalue weighted by atomic mass is 16.5. The summed E-state index contributed by atoms with van der Waals surface area (Å²) >= 11 is 0. The van der Waals surface area contributed by atoms with Gasteiger partial charge in [-0.05, 0) is 6.92 Å². The van der Waals surface area contributed by atoms with E-state index in [0.29, 0.717) is 6.42 Å². The van der Waals surface area contributed by atoms with Crippen LogP contribution in [0.2, 0.25) is 0 Å². The first kappa shape index (κ1) is 9.06. The Morgan fingerprint density at radius 1 is 1.58 bits per heavy atom. The van der Waals surface area contributed by atoms with E-state index in [1.165, 1.54) is 0 Å². The van der Waals surface area contributed by atoms with Crippen molar-refractivity contribution in [2.24, 2.45) is 7.05 Å². The summed E-state index contributed by atoms with van der Waals surface area (Å²) in [5, 5.41) is 13.0. The monoisotopic (exact) mass is 170 g/mol. The fourth-order valence-electron chi connectivity index (χ4n) is 1.34. The lowest BCUT2D eigenvalue weighted by molar-refractivity contribution is 0.295. The fraction of sp³-hybridized carbons (Fsp3) is 0.625. The minimum Gasteiger partial charge on any atom is -0.481 e. The number of hydrogen-bond donors (Lipinski definition) is 1. The van der Waals surface area contributed by atoms with E-state index < -0.39 is 0 Å². The van der Waals surface area contributed by atoms with Gasteiger partial charge in [0.15, 0.2) is 0 Å². The van der Waals surface area contributed by atoms with E-state index in [4.69, 9.17) is 9.84 Å². The van der Waals surface area contributed by atoms with Crippen LogP contribution < -0.4 is 4.74 Å². The second-order valence-corrected chi connectivity index (χ2v) is 2.67. The predicted octanol–water partition coefficient (Wildman–Crippen LogP) is 0.272. The molecular weight excluding hydrogens is 156 g/mol. The summed E-state index contributed by atoms with van der Waals surface area (Å²) in [5.41, 5.74) is 1.91. The van der Waals surface area contributed by atoms with Crippen LogP contribution in [0.4, 0.5) is 0 Å². The number of aliphatic hydroxyl groups is 1. The maximum atomic E-state index is 8.78. The molecule has 0 amide bonds. The average molecular weight is 170 g/mol. The molecule has 0 atom stereocenters. The number of aryl methyl sites for hydroxylation is 2. The van der Waals surface area contributed by atoms with Gasteiger partial charge in [-0.25, -0.2) is 4.68 Å². The summed E-state index contributed by atoms with van der Waals surface area (Å²) in [6.45, 7) is 2.04. The van der Waals surface area contributed by atoms with Crippen LogP contribution in [-0.2, 0) is 13.5 Å². The molecule has 1 N–H and O–H groups in total. The van der Waals surface area contributed by atoms with Gasteiger partial charge in [-0.15, -0.1) is 0 Å². The van der Waals surface area contributed by atoms with Gasteiger partial charge in [0, 0.05) is 25.6 Å². The van der Waals surface area contributed by atoms with Crippen LogP contribution in [0.25, 0.3) is 0 Å². The lowest BCUT2D eigenvalue weighted by atomic mass is 10.2. The minimum absolute atomic E-state index is 0.128. The van der Waals surface area contributed by atoms with Crippen LogP contribution in [0.1, 0.15) is 11.3 Å². The second kappa shape index (κ2) is 3.58. The summed E-state index contributed by atoms with van der Waals surface area (Å²) in [7, 11) is 3.43. The van der Waals surface area contributed by atoms with Gasteiger partial charge in [0.1, 0.15) is 0 Å². The van der Waals surface area contributed by atoms with Gasteiger partial charge in [0.25, 0.3) is 0 Å². The Balaban J connectivity index is 3.04. The highest BCUT2D eigenvalue weighted by Gasteiger charge is 2.12. The first-order valence-corrected chi connectivity index (χ1v) is 3.88. The quantitative estimate of drug-likeness (QED) is 0.708. The van der Waals surface area contributed by atoms with E-state index >= 15 is 0 Å². The largest absolute Gasteiger partial charge is 0.481 e. The van der Waals surface area contributed by atoms with Gasteiger partial charge in [-0.3, -0.25) is 0 Å². The van der Waals surface area contributed by atoms with Gasteiger partial charge < -0.3 is 9.84 Å². The number of methoxy groups -OCH3 is 1. The third-order valence-electron chi connectivity index (χ3n) is 1.84. The van der Waals surface area contributed by atoms with Crippen molar-refractivity contribution in [3.8, 4) is 5.88 Å². The summed E-state index contributed by atoms with van der Waals surface area (Å²) < 4.78 is 6.82. The predicted molar refractivity (Wildman–Crippen MR) is 45.3 cm³/mol. The lowest BCUT2D eigenvalue weighted by Gasteiger charge is -2.02. The molecule has 0 aliphatic rings. The van der Waals surface area contributed by atoms with Crippen molar-refractivity contribution in [1.29, 1.82) is 0 Å². The molecule has 12 heavy (non-hydrogen) atoms. The second-order valence-electron chi connectivity index (χ2n) is 2.67. The molecule has 1 heterocycles. The zero-order valence-corrected chi connectivity index (χ0v) is 7.66. The van der Waals surface area contributed by atoms with Crippen LogP contribution in [0.5, 0.6) is 5.88 Å². The van der Waals surface area contributed by atoms with Crippen LogP contribution in [0, 0.1) is 6.92 Å². The zero-order chi connectivity index (χ0) is 9.14. The van der Waals surface area contributed by atoms with Crippen molar-refractivity contribution in [3.63, 3.8) is 0 Å². The molecule has 0 aliphatic carbocycles. The smallest absolute Gasteiger partial charge is 0.214 e. The number of aromatic nitrogens is 2. The fourth-order valence-corrected chi connectivity index (χ4v) is 1.34. The van der Waals surface area contributed by atoms with Crippen molar-refractivity contribution in [2.45, 2.75) is 13.3 Å². The third kappa shape index (κ3) is 1.43. The molecular formula is C8H14N2O2. The van der Waals surface area contributed by atoms with Crippen molar-refractivity contribution < 1.29 is 9.84 Å². The molecule has 0 spiro atoms. The van der Waals surface area contributed by atoms with Crippen LogP contribution >= 0.6 is 0 Å². The molecule has 0 fully saturated rings. The molecule has 0 aliphatic heterocycles. The Hall–Kier alpha value is -1.03. The first-order valence-electron chi connectivity index (χ1n) is 3.88. The van der Waals surface area contributed by atoms with Gasteiger partial charge in [0.2, 0.25) is 5.88 Å². The zero-order valence-electron chi connectivity index (χ0n) is 7.66. The molecule has 0 bridgehead atoms. The normalized spacial score (nSPS) is 10.3. The van der Waals surface area contributed by atoms with Crippen LogP contribution in [0.3, 0.4) is 0 Å². The SMILES string of the molecule is COc1c(CCO)c(C)nn1C. The Bertz CT molecular complexity index is 268. The summed E-state index contributed by atoms with van der Waals surface area (Å²) in [6, 6.07) is 0. The number of ether oxygens (including phenoxy) is 1. The molecule has 0 aromatic carbocycles. The molecule has 4 nitrogen and oxygen atoms in total. The molecule has 1 aromatic rings. The van der Waals surface area contributed by atoms with Gasteiger partial charge in [-0.2, -0.15) is 5.10 Å². The maximum Gasteiger partial charge on any atom is 0.214 e. The number of rotatable bonds is 3. The average Bonchev–Trinajstić information content (AvgIpc) is 2.28. The molecule has 4 heteroatoms. The topological polar surface area (TPSA) is 47.3 Å². The Labute approximate surface area is 71.8 Å².